The lowest BCUT2D eigenvalue weighted by atomic mass is 10.4. The summed E-state index contributed by atoms with van der Waals surface area (Å²) >= 11 is 0. The molecule has 12 unspecified atom stereocenters. The van der Waals surface area contributed by atoms with Gasteiger partial charge in [0.2, 0.25) is 0 Å². The number of aliphatic hydroxyl groups is 5. The first kappa shape index (κ1) is 80.9. The van der Waals surface area contributed by atoms with Crippen LogP contribution in [0, 0.1) is 0 Å². The summed E-state index contributed by atoms with van der Waals surface area (Å²) in [6.45, 7) is 36.2. The van der Waals surface area contributed by atoms with Crippen LogP contribution in [0.15, 0.2) is 0 Å². The molecule has 0 aromatic carbocycles. The molecule has 0 aromatic rings. The molecule has 0 aliphatic carbocycles. The van der Waals surface area contributed by atoms with E-state index in [-0.39, 0.29) is 106 Å². The van der Waals surface area contributed by atoms with Crippen LogP contribution in [0.3, 0.4) is 0 Å². The zero-order valence-corrected chi connectivity index (χ0v) is 61.5. The maximum Gasteiger partial charge on any atom is 0.483 e. The normalized spacial score (nSPS) is 19.9. The van der Waals surface area contributed by atoms with E-state index in [1.165, 1.54) is 0 Å². The molecule has 0 saturated carbocycles. The third-order valence-corrected chi connectivity index (χ3v) is 40.7. The Morgan fingerprint density at radius 2 is 0.463 bits per heavy atom. The van der Waals surface area contributed by atoms with Crippen molar-refractivity contribution in [2.24, 2.45) is 0 Å². The van der Waals surface area contributed by atoms with Gasteiger partial charge in [-0.2, -0.15) is 0 Å². The average molecular weight is 1320 g/mol. The van der Waals surface area contributed by atoms with Gasteiger partial charge in [-0.3, -0.25) is 0 Å². The van der Waals surface area contributed by atoms with Crippen molar-refractivity contribution >= 4 is 78.0 Å². The van der Waals surface area contributed by atoms with Crippen molar-refractivity contribution in [2.45, 2.75) is 170 Å². The Balaban J connectivity index is 8.46. The van der Waals surface area contributed by atoms with E-state index < -0.39 is 115 Å². The fraction of sp³-hybridized carbons (Fsp3) is 1.00. The molecule has 0 aliphatic rings. The summed E-state index contributed by atoms with van der Waals surface area (Å²) < 4.78 is 137. The van der Waals surface area contributed by atoms with Crippen LogP contribution < -0.4 is 0 Å². The molecule has 35 heteroatoms. The second-order valence-electron chi connectivity index (χ2n) is 22.2. The van der Waals surface area contributed by atoms with Crippen molar-refractivity contribution in [3.63, 3.8) is 0 Å². The third kappa shape index (κ3) is 39.7. The van der Waals surface area contributed by atoms with E-state index in [9.17, 15) is 25.5 Å². The average Bonchev–Trinajstić information content (AvgIpc) is 3.32. The van der Waals surface area contributed by atoms with Crippen LogP contribution in [0.25, 0.3) is 0 Å². The zero-order chi connectivity index (χ0) is 61.5. The molecule has 0 radical (unpaired) electrons. The van der Waals surface area contributed by atoms with Crippen LogP contribution in [-0.2, 0) is 92.6 Å². The van der Waals surface area contributed by atoms with Crippen LogP contribution in [0.5, 0.6) is 0 Å². The minimum atomic E-state index is -4.43. The lowest BCUT2D eigenvalue weighted by molar-refractivity contribution is -0.0331. The molecule has 80 heavy (non-hydrogen) atoms. The summed E-state index contributed by atoms with van der Waals surface area (Å²) in [5, 5.41) is 48.1. The van der Waals surface area contributed by atoms with Crippen LogP contribution in [-0.4, -0.2) is 266 Å². The van der Waals surface area contributed by atoms with Crippen molar-refractivity contribution in [1.29, 1.82) is 0 Å². The second kappa shape index (κ2) is 39.7. The molecule has 0 saturated heterocycles. The molecule has 0 bridgehead atoms. The number of aliphatic hydroxyl groups excluding tert-OH is 5. The van der Waals surface area contributed by atoms with Gasteiger partial charge in [-0.15, -0.1) is 0 Å². The topological polar surface area (TPSA) is 295 Å². The van der Waals surface area contributed by atoms with E-state index in [0.29, 0.717) is 13.2 Å². The molecule has 0 spiro atoms. The summed E-state index contributed by atoms with van der Waals surface area (Å²) in [4.78, 5) is 0. The minimum Gasteiger partial charge on any atom is -0.437 e. The van der Waals surface area contributed by atoms with Crippen molar-refractivity contribution in [1.82, 2.24) is 0 Å². The van der Waals surface area contributed by atoms with Crippen molar-refractivity contribution < 1.29 is 118 Å². The Kier molecular flexibility index (Phi) is 40.2. The van der Waals surface area contributed by atoms with Gasteiger partial charge in [-0.1, -0.05) is 0 Å². The summed E-state index contributed by atoms with van der Waals surface area (Å²) in [6, 6.07) is 0. The summed E-state index contributed by atoms with van der Waals surface area (Å²) in [5.41, 5.74) is 0. The quantitative estimate of drug-likeness (QED) is 0.0424. The Morgan fingerprint density at radius 1 is 0.263 bits per heavy atom. The molecule has 0 aromatic heterocycles. The smallest absolute Gasteiger partial charge is 0.437 e. The standard InChI is InChI=1S/C45H110O26Si9/c1-40(52-27-22-46)34-58-75(16,65-73(11,12)13)67-77(18,60-35-41(2)53-28-23-47)69-79(20,62-37-43(4)55-30-25-49)71-80(21,63-38-44(5)56-31-26-50)70-78(19,61-36-42(3)54-29-24-48)68-76(17,59-39-45(6)57-33-32-51-7)66-74(14,15)64-72(8,9)10/h40-50H,22-39H2,1-21H3. The van der Waals surface area contributed by atoms with Crippen molar-refractivity contribution in [3.05, 3.63) is 0 Å². The predicted molar refractivity (Wildman–Crippen MR) is 318 cm³/mol. The molecule has 26 nitrogen and oxygen atoms in total. The molecule has 0 rings (SSSR count). The minimum absolute atomic E-state index is 0.0143. The monoisotopic (exact) mass is 1320 g/mol. The van der Waals surface area contributed by atoms with E-state index in [0.717, 1.165) is 0 Å². The van der Waals surface area contributed by atoms with E-state index in [4.69, 9.17) is 92.6 Å². The van der Waals surface area contributed by atoms with Crippen LogP contribution in [0.1, 0.15) is 41.5 Å². The molecule has 0 aliphatic heterocycles. The van der Waals surface area contributed by atoms with Gasteiger partial charge in [0.25, 0.3) is 0 Å². The second-order valence-corrected chi connectivity index (χ2v) is 52.0. The molecule has 0 heterocycles. The third-order valence-electron chi connectivity index (χ3n) is 9.97. The summed E-state index contributed by atoms with van der Waals surface area (Å²) in [6.07, 6.45) is -3.25. The van der Waals surface area contributed by atoms with E-state index in [1.54, 1.807) is 81.0 Å². The molecular formula is C45H110O26Si9. The van der Waals surface area contributed by atoms with Crippen molar-refractivity contribution in [2.75, 3.05) is 126 Å². The molecule has 5 N–H and O–H groups in total. The first-order chi connectivity index (χ1) is 36.9. The van der Waals surface area contributed by atoms with E-state index in [2.05, 4.69) is 19.6 Å². The predicted octanol–water partition coefficient (Wildman–Crippen LogP) is 4.04. The number of ether oxygens (including phenoxy) is 7. The van der Waals surface area contributed by atoms with Crippen LogP contribution in [0.2, 0.25) is 91.7 Å². The van der Waals surface area contributed by atoms with Gasteiger partial charge in [0.05, 0.1) is 156 Å². The fourth-order valence-electron chi connectivity index (χ4n) is 7.43. The summed E-state index contributed by atoms with van der Waals surface area (Å²) in [5.74, 6) is 0. The zero-order valence-electron chi connectivity index (χ0n) is 52.5. The Hall–Kier alpha value is 0.912. The molecular weight excluding hydrogens is 1210 g/mol. The molecule has 482 valence electrons. The number of hydrogen-bond donors (Lipinski definition) is 5. The molecule has 0 amide bonds. The Bertz CT molecular complexity index is 1590. The highest BCUT2D eigenvalue weighted by Crippen LogP contribution is 2.34. The van der Waals surface area contributed by atoms with Crippen LogP contribution >= 0.6 is 0 Å². The van der Waals surface area contributed by atoms with Gasteiger partial charge in [-0.05, 0) is 93.9 Å². The van der Waals surface area contributed by atoms with Gasteiger partial charge in [0.1, 0.15) is 0 Å². The molecule has 12 atom stereocenters. The summed E-state index contributed by atoms with van der Waals surface area (Å²) in [7, 11) is -31.4. The number of rotatable bonds is 53. The maximum absolute atomic E-state index is 9.70. The van der Waals surface area contributed by atoms with Gasteiger partial charge in [-0.25, -0.2) is 0 Å². The fourth-order valence-corrected chi connectivity index (χ4v) is 44.7. The highest BCUT2D eigenvalue weighted by atomic mass is 28.5. The Labute approximate surface area is 489 Å². The van der Waals surface area contributed by atoms with E-state index >= 15 is 0 Å². The van der Waals surface area contributed by atoms with E-state index in [1.807, 2.05) is 39.7 Å². The largest absolute Gasteiger partial charge is 0.483 e. The Morgan fingerprint density at radius 3 is 0.662 bits per heavy atom. The first-order valence-electron chi connectivity index (χ1n) is 27.6. The maximum atomic E-state index is 9.70. The SMILES string of the molecule is COCCOC(C)CO[Si](C)(O[Si](C)(C)O[Si](C)(C)C)O[Si](C)(OCC(C)OCCO)O[Si](C)(OCC(C)OCCO)O[Si](C)(OCC(C)OCCO)O[Si](C)(OCC(C)OCCO)O[Si](C)(OCC(C)OCCO)O[Si](C)(C)C. The lowest BCUT2D eigenvalue weighted by Gasteiger charge is -2.45. The lowest BCUT2D eigenvalue weighted by Crippen LogP contribution is -2.68. The van der Waals surface area contributed by atoms with Crippen LogP contribution in [0.4, 0.5) is 0 Å². The van der Waals surface area contributed by atoms with Gasteiger partial charge in [0, 0.05) is 46.4 Å². The number of hydrogen-bond acceptors (Lipinski definition) is 26. The number of methoxy groups -OCH3 is 1. The van der Waals surface area contributed by atoms with Crippen molar-refractivity contribution in [3.8, 4) is 0 Å². The highest BCUT2D eigenvalue weighted by molar-refractivity contribution is 6.89. The van der Waals surface area contributed by atoms with Gasteiger partial charge >= 0.3 is 61.4 Å². The first-order valence-corrected chi connectivity index (χ1v) is 50.5. The van der Waals surface area contributed by atoms with Gasteiger partial charge in [0.15, 0.2) is 16.6 Å². The molecule has 0 fully saturated rings. The highest BCUT2D eigenvalue weighted by Gasteiger charge is 2.61. The van der Waals surface area contributed by atoms with Gasteiger partial charge < -0.3 is 118 Å².